The van der Waals surface area contributed by atoms with E-state index in [9.17, 15) is 37.1 Å². The smallest absolute Gasteiger partial charge is 0.406 e. The number of piperidine rings is 1. The number of benzene rings is 5. The minimum absolute atomic E-state index is 0.0548. The van der Waals surface area contributed by atoms with E-state index in [1.165, 1.54) is 40.4 Å². The normalized spacial score (nSPS) is 17.5. The molecule has 1 fully saturated rings. The molecule has 18 nitrogen and oxygen atoms in total. The van der Waals surface area contributed by atoms with Crippen molar-refractivity contribution < 1.29 is 65.5 Å². The molecule has 94 heavy (non-hydrogen) atoms. The number of amides is 2. The van der Waals surface area contributed by atoms with E-state index in [1.807, 2.05) is 11.9 Å². The number of rotatable bonds is 25. The Balaban J connectivity index is 0.565. The minimum atomic E-state index is -4.51. The Kier molecular flexibility index (Phi) is 21.0. The van der Waals surface area contributed by atoms with Crippen molar-refractivity contribution in [3.8, 4) is 29.1 Å². The van der Waals surface area contributed by atoms with Gasteiger partial charge in [0.05, 0.1) is 101 Å². The summed E-state index contributed by atoms with van der Waals surface area (Å²) in [4.78, 5) is 44.6. The predicted molar refractivity (Wildman–Crippen MR) is 352 cm³/mol. The van der Waals surface area contributed by atoms with Gasteiger partial charge in [-0.1, -0.05) is 12.0 Å². The molecule has 2 atom stereocenters. The number of carboxylic acid groups (broad SMARTS) is 1. The van der Waals surface area contributed by atoms with Crippen LogP contribution in [-0.4, -0.2) is 177 Å². The number of methoxy groups -OCH3 is 1. The maximum absolute atomic E-state index is 14.9. The number of halogens is 4. The molecule has 0 saturated carbocycles. The first-order valence-electron chi connectivity index (χ1n) is 33.1. The Labute approximate surface area is 544 Å². The lowest BCUT2D eigenvalue weighted by Gasteiger charge is -2.35. The first-order chi connectivity index (χ1) is 45.7. The second kappa shape index (κ2) is 30.0. The van der Waals surface area contributed by atoms with Crippen molar-refractivity contribution in [1.82, 2.24) is 24.7 Å². The van der Waals surface area contributed by atoms with Gasteiger partial charge in [0.15, 0.2) is 0 Å². The molecule has 12 rings (SSSR count). The Morgan fingerprint density at radius 1 is 0.723 bits per heavy atom. The Bertz CT molecular complexity index is 4010. The number of carboxylic acids is 1. The fourth-order valence-corrected chi connectivity index (χ4v) is 14.2. The molecule has 0 aliphatic carbocycles. The number of ether oxygens (including phenoxy) is 6. The molecule has 498 valence electrons. The lowest BCUT2D eigenvalue weighted by atomic mass is 9.82. The van der Waals surface area contributed by atoms with Gasteiger partial charge < -0.3 is 69.2 Å². The van der Waals surface area contributed by atoms with E-state index in [2.05, 4.69) is 54.7 Å². The number of anilines is 3. The maximum Gasteiger partial charge on any atom is 0.406 e. The van der Waals surface area contributed by atoms with Gasteiger partial charge in [0.2, 0.25) is 5.36 Å². The number of fused-ring (bicyclic) bond motifs is 5. The van der Waals surface area contributed by atoms with Gasteiger partial charge in [-0.05, 0) is 149 Å². The number of carbonyl (C=O) groups is 3. The van der Waals surface area contributed by atoms with Crippen LogP contribution >= 0.6 is 0 Å². The van der Waals surface area contributed by atoms with Gasteiger partial charge >= 0.3 is 12.1 Å². The Morgan fingerprint density at radius 2 is 1.41 bits per heavy atom. The number of hydrogen-bond acceptors (Lipinski definition) is 13. The highest BCUT2D eigenvalue weighted by Gasteiger charge is 2.37. The number of likely N-dealkylation sites (tertiary alicyclic amines) is 1. The first-order valence-corrected chi connectivity index (χ1v) is 33.1. The molecular weight excluding hydrogens is 1210 g/mol. The van der Waals surface area contributed by atoms with Crippen molar-refractivity contribution in [2.24, 2.45) is 0 Å². The lowest BCUT2D eigenvalue weighted by Crippen LogP contribution is -2.46. The molecule has 6 aliphatic rings. The molecule has 1 aromatic heterocycles. The summed E-state index contributed by atoms with van der Waals surface area (Å²) < 4.78 is 95.7. The largest absolute Gasteiger partial charge is 0.495 e. The third kappa shape index (κ3) is 15.0. The van der Waals surface area contributed by atoms with Crippen LogP contribution < -0.4 is 50.8 Å². The van der Waals surface area contributed by atoms with Crippen LogP contribution in [0.4, 0.5) is 34.6 Å². The molecule has 5 aromatic carbocycles. The zero-order valence-corrected chi connectivity index (χ0v) is 53.5. The summed E-state index contributed by atoms with van der Waals surface area (Å²) in [7, 11) is 3.31. The van der Waals surface area contributed by atoms with Gasteiger partial charge in [-0.2, -0.15) is 13.2 Å². The summed E-state index contributed by atoms with van der Waals surface area (Å²) >= 11 is 0. The van der Waals surface area contributed by atoms with Crippen molar-refractivity contribution >= 4 is 51.3 Å². The number of aromatic carboxylic acids is 1. The summed E-state index contributed by atoms with van der Waals surface area (Å²) in [5.41, 5.74) is 10.9. The van der Waals surface area contributed by atoms with Crippen LogP contribution in [0.3, 0.4) is 0 Å². The van der Waals surface area contributed by atoms with E-state index in [-0.39, 0.29) is 62.5 Å². The van der Waals surface area contributed by atoms with Crippen molar-refractivity contribution in [2.45, 2.75) is 95.6 Å². The third-order valence-corrected chi connectivity index (χ3v) is 18.6. The van der Waals surface area contributed by atoms with Crippen LogP contribution in [0.5, 0.6) is 17.2 Å². The van der Waals surface area contributed by atoms with Crippen LogP contribution in [-0.2, 0) is 51.2 Å². The third-order valence-electron chi connectivity index (χ3n) is 18.6. The van der Waals surface area contributed by atoms with Gasteiger partial charge in [-0.15, -0.1) is 0 Å². The molecular formula is C72H83F4N8O10+. The number of nitrogens with zero attached hydrogens (tertiary/aromatic N) is 4. The molecule has 7 heterocycles. The highest BCUT2D eigenvalue weighted by Crippen LogP contribution is 2.49. The molecule has 1 saturated heterocycles. The molecule has 5 N–H and O–H groups in total. The SMILES string of the molecule is COc1cc(C(=O)NCCOCCOCCOCCOCCNC(=O)c2ccc(C(=O)O)c(C3=c4cc5c6c(c4Oc4c3cc3c7c4CCCN7CCCC3)CCC[N+]=6CCCC5)c2)ccc1NCC#Cc1cc2c(N[C@@H]3CCN(C)C[C@@H]3F)cccc2n1CC(F)(F)F. The molecule has 0 bridgehead atoms. The zero-order valence-electron chi connectivity index (χ0n) is 53.5. The van der Waals surface area contributed by atoms with Gasteiger partial charge in [-0.25, -0.2) is 13.8 Å². The zero-order chi connectivity index (χ0) is 65.3. The van der Waals surface area contributed by atoms with Crippen LogP contribution in [0.1, 0.15) is 115 Å². The molecule has 22 heteroatoms. The van der Waals surface area contributed by atoms with Crippen molar-refractivity contribution in [1.29, 1.82) is 0 Å². The second-order valence-corrected chi connectivity index (χ2v) is 24.9. The predicted octanol–water partition coefficient (Wildman–Crippen LogP) is 8.27. The van der Waals surface area contributed by atoms with Crippen molar-refractivity contribution in [3.05, 3.63) is 139 Å². The average molecular weight is 1300 g/mol. The number of alkyl halides is 4. The van der Waals surface area contributed by atoms with Crippen LogP contribution in [0, 0.1) is 11.8 Å². The average Bonchev–Trinajstić information content (AvgIpc) is 0.803. The number of hydrogen-bond donors (Lipinski definition) is 5. The van der Waals surface area contributed by atoms with Crippen LogP contribution in [0.2, 0.25) is 0 Å². The van der Waals surface area contributed by atoms with E-state index in [0.717, 1.165) is 123 Å². The maximum atomic E-state index is 14.9. The van der Waals surface area contributed by atoms with Gasteiger partial charge in [-0.3, -0.25) is 9.59 Å². The van der Waals surface area contributed by atoms with Gasteiger partial charge in [0.1, 0.15) is 43.1 Å². The van der Waals surface area contributed by atoms with E-state index < -0.39 is 30.9 Å². The summed E-state index contributed by atoms with van der Waals surface area (Å²) in [6.45, 7) is 6.70. The van der Waals surface area contributed by atoms with Crippen molar-refractivity contribution in [2.75, 3.05) is 141 Å². The van der Waals surface area contributed by atoms with Gasteiger partial charge in [0, 0.05) is 107 Å². The number of nitrogens with one attached hydrogen (secondary N) is 4. The molecule has 6 aromatic rings. The molecule has 0 radical (unpaired) electrons. The first kappa shape index (κ1) is 65.8. The molecule has 2 amide bonds. The summed E-state index contributed by atoms with van der Waals surface area (Å²) in [6.07, 6.45) is 4.97. The minimum Gasteiger partial charge on any atom is -0.495 e. The Hall–Kier alpha value is -8.20. The van der Waals surface area contributed by atoms with Crippen LogP contribution in [0.15, 0.2) is 72.8 Å². The lowest BCUT2D eigenvalue weighted by molar-refractivity contribution is -0.140. The summed E-state index contributed by atoms with van der Waals surface area (Å²) in [6, 6.07) is 20.4. The highest BCUT2D eigenvalue weighted by atomic mass is 19.4. The van der Waals surface area contributed by atoms with Crippen molar-refractivity contribution in [3.63, 3.8) is 0 Å². The van der Waals surface area contributed by atoms with E-state index in [1.54, 1.807) is 60.7 Å². The van der Waals surface area contributed by atoms with E-state index >= 15 is 0 Å². The molecule has 0 unspecified atom stereocenters. The summed E-state index contributed by atoms with van der Waals surface area (Å²) in [5.74, 6) is 6.10. The standard InChI is InChI=1S/C72H82F4N8O10/c1-81-30-22-60(58(73)44-81)80-59-16-7-17-62-55(59)43-50(84(62)45-72(74,75)76)13-8-23-77-61-21-19-49(42-63(61)89-2)70(86)79-25-32-91-34-36-93-38-37-92-35-33-90-31-24-78-69(85)48-18-20-51(71(87)88)54(41-48)64-56-39-46-11-3-5-26-82-28-9-14-52(65(46)82)67(56)94-68-53-15-10-29-83-27-6-4-12-47(66(53)83)40-57(64)68/h7,16-21,39-43,58,60,80H,3-6,9-12,14-15,22-38,44-45H2,1-2H3,(H3-,77,78,79,85,86,87,88)/p+1/t58-,60+/m0/s1. The molecule has 6 aliphatic heterocycles. The number of aryl methyl sites for hydroxylation is 2. The fraction of sp³-hybridized carbons (Fsp3) is 0.472. The molecule has 0 spiro atoms. The monoisotopic (exact) mass is 1300 g/mol. The van der Waals surface area contributed by atoms with Crippen LogP contribution in [0.25, 0.3) is 16.5 Å². The number of aromatic nitrogens is 1. The van der Waals surface area contributed by atoms with E-state index in [4.69, 9.17) is 28.4 Å². The fourth-order valence-electron chi connectivity index (χ4n) is 14.2. The quantitative estimate of drug-likeness (QED) is 0.0159. The number of carbonyl (C=O) groups excluding carboxylic acids is 2. The van der Waals surface area contributed by atoms with E-state index in [0.29, 0.717) is 97.3 Å². The Morgan fingerprint density at radius 3 is 2.15 bits per heavy atom. The highest BCUT2D eigenvalue weighted by molar-refractivity contribution is 6.03. The topological polar surface area (TPSA) is 189 Å². The van der Waals surface area contributed by atoms with Gasteiger partial charge in [0.25, 0.3) is 11.8 Å². The second-order valence-electron chi connectivity index (χ2n) is 24.9. The summed E-state index contributed by atoms with van der Waals surface area (Å²) in [5, 5.41) is 25.7.